The average Bonchev–Trinajstić information content (AvgIpc) is 3.08. The molecular weight excluding hydrogens is 388 g/mol. The summed E-state index contributed by atoms with van der Waals surface area (Å²) in [5.74, 6) is 1.79. The number of ether oxygens (including phenoxy) is 2. The lowest BCUT2D eigenvalue weighted by Gasteiger charge is -2.20. The molecule has 1 N–H and O–H groups in total. The van der Waals surface area contributed by atoms with Gasteiger partial charge in [-0.3, -0.25) is 14.5 Å². The van der Waals surface area contributed by atoms with Gasteiger partial charge < -0.3 is 14.4 Å². The summed E-state index contributed by atoms with van der Waals surface area (Å²) in [5.41, 5.74) is 2.91. The Labute approximate surface area is 174 Å². The minimum atomic E-state index is -0.0965. The number of hydrogen-bond acceptors (Lipinski definition) is 5. The number of amides is 1. The second-order valence-corrected chi connectivity index (χ2v) is 7.09. The van der Waals surface area contributed by atoms with Gasteiger partial charge in [-0.2, -0.15) is 5.10 Å². The van der Waals surface area contributed by atoms with Gasteiger partial charge in [-0.1, -0.05) is 42.0 Å². The zero-order valence-electron chi connectivity index (χ0n) is 16.9. The van der Waals surface area contributed by atoms with Crippen molar-refractivity contribution in [1.29, 1.82) is 0 Å². The first kappa shape index (κ1) is 20.6. The van der Waals surface area contributed by atoms with Gasteiger partial charge in [-0.05, 0) is 25.2 Å². The molecule has 152 valence electrons. The number of nitrogens with zero attached hydrogens (tertiary/aromatic N) is 3. The molecule has 0 aliphatic heterocycles. The summed E-state index contributed by atoms with van der Waals surface area (Å²) in [6.07, 6.45) is 0. The molecule has 3 rings (SSSR count). The summed E-state index contributed by atoms with van der Waals surface area (Å²) in [7, 11) is 4.92. The first-order chi connectivity index (χ1) is 13.9. The standard InChI is InChI=1S/C21H24N4O3S/c1-14-8-10-15(11-9-14)20-22-23-21(29)25(20)13-18(26)24(2)12-16-6-5-7-17(27-3)19(16)28-4/h5-11H,12-13H2,1-4H3,(H,23,29). The maximum Gasteiger partial charge on any atom is 0.242 e. The number of aryl methyl sites for hydroxylation is 1. The number of nitrogens with one attached hydrogen (secondary N) is 1. The third-order valence-corrected chi connectivity index (χ3v) is 4.99. The van der Waals surface area contributed by atoms with E-state index in [4.69, 9.17) is 21.7 Å². The van der Waals surface area contributed by atoms with E-state index in [2.05, 4.69) is 10.2 Å². The second kappa shape index (κ2) is 8.91. The van der Waals surface area contributed by atoms with Crippen LogP contribution in [-0.4, -0.2) is 46.8 Å². The van der Waals surface area contributed by atoms with Crippen molar-refractivity contribution in [3.8, 4) is 22.9 Å². The van der Waals surface area contributed by atoms with E-state index in [1.54, 1.807) is 30.7 Å². The van der Waals surface area contributed by atoms with Gasteiger partial charge >= 0.3 is 0 Å². The summed E-state index contributed by atoms with van der Waals surface area (Å²) >= 11 is 5.34. The number of para-hydroxylation sites is 1. The molecule has 0 radical (unpaired) electrons. The Bertz CT molecular complexity index is 1060. The Balaban J connectivity index is 1.80. The number of methoxy groups -OCH3 is 2. The number of H-pyrrole nitrogens is 1. The Morgan fingerprint density at radius 3 is 2.55 bits per heavy atom. The lowest BCUT2D eigenvalue weighted by Crippen LogP contribution is -2.30. The third-order valence-electron chi connectivity index (χ3n) is 4.68. The van der Waals surface area contributed by atoms with Gasteiger partial charge in [-0.25, -0.2) is 0 Å². The van der Waals surface area contributed by atoms with Crippen LogP contribution in [0.2, 0.25) is 0 Å². The normalized spacial score (nSPS) is 10.6. The molecule has 0 aliphatic carbocycles. The molecule has 0 unspecified atom stereocenters. The highest BCUT2D eigenvalue weighted by Gasteiger charge is 2.18. The maximum atomic E-state index is 12.9. The average molecular weight is 413 g/mol. The monoisotopic (exact) mass is 412 g/mol. The quantitative estimate of drug-likeness (QED) is 0.601. The van der Waals surface area contributed by atoms with Crippen LogP contribution in [0, 0.1) is 11.7 Å². The lowest BCUT2D eigenvalue weighted by atomic mass is 10.1. The first-order valence-corrected chi connectivity index (χ1v) is 9.51. The number of carbonyl (C=O) groups excluding carboxylic acids is 1. The van der Waals surface area contributed by atoms with Crippen molar-refractivity contribution in [3.05, 3.63) is 58.4 Å². The number of aromatic amines is 1. The van der Waals surface area contributed by atoms with Crippen LogP contribution in [0.4, 0.5) is 0 Å². The van der Waals surface area contributed by atoms with Crippen molar-refractivity contribution in [2.75, 3.05) is 21.3 Å². The molecular formula is C21H24N4O3S. The molecule has 0 fully saturated rings. The Hall–Kier alpha value is -3.13. The maximum absolute atomic E-state index is 12.9. The first-order valence-electron chi connectivity index (χ1n) is 9.10. The molecule has 3 aromatic rings. The lowest BCUT2D eigenvalue weighted by molar-refractivity contribution is -0.131. The van der Waals surface area contributed by atoms with Crippen LogP contribution >= 0.6 is 12.2 Å². The molecule has 0 bridgehead atoms. The van der Waals surface area contributed by atoms with Gasteiger partial charge in [-0.15, -0.1) is 0 Å². The van der Waals surface area contributed by atoms with Gasteiger partial charge in [0, 0.05) is 24.7 Å². The van der Waals surface area contributed by atoms with E-state index in [1.165, 1.54) is 0 Å². The zero-order valence-corrected chi connectivity index (χ0v) is 17.7. The van der Waals surface area contributed by atoms with E-state index in [1.807, 2.05) is 49.4 Å². The van der Waals surface area contributed by atoms with Crippen LogP contribution in [0.15, 0.2) is 42.5 Å². The minimum Gasteiger partial charge on any atom is -0.493 e. The number of rotatable bonds is 7. The summed E-state index contributed by atoms with van der Waals surface area (Å²) in [6, 6.07) is 13.5. The van der Waals surface area contributed by atoms with Gasteiger partial charge in [0.05, 0.1) is 14.2 Å². The molecule has 1 aromatic heterocycles. The van der Waals surface area contributed by atoms with Gasteiger partial charge in [0.15, 0.2) is 22.1 Å². The third kappa shape index (κ3) is 4.48. The molecule has 8 heteroatoms. The molecule has 0 saturated carbocycles. The van der Waals surface area contributed by atoms with E-state index in [-0.39, 0.29) is 12.5 Å². The molecule has 2 aromatic carbocycles. The fourth-order valence-electron chi connectivity index (χ4n) is 3.07. The van der Waals surface area contributed by atoms with Crippen molar-refractivity contribution in [3.63, 3.8) is 0 Å². The summed E-state index contributed by atoms with van der Waals surface area (Å²) in [5, 5.41) is 7.09. The van der Waals surface area contributed by atoms with Crippen LogP contribution in [0.5, 0.6) is 11.5 Å². The van der Waals surface area contributed by atoms with Crippen LogP contribution in [0.3, 0.4) is 0 Å². The highest BCUT2D eigenvalue weighted by atomic mass is 32.1. The van der Waals surface area contributed by atoms with Crippen molar-refractivity contribution in [2.24, 2.45) is 0 Å². The van der Waals surface area contributed by atoms with E-state index < -0.39 is 0 Å². The SMILES string of the molecule is COc1cccc(CN(C)C(=O)Cn2c(-c3ccc(C)cc3)n[nH]c2=S)c1OC. The smallest absolute Gasteiger partial charge is 0.242 e. The van der Waals surface area contributed by atoms with E-state index in [9.17, 15) is 4.79 Å². The molecule has 1 amide bonds. The van der Waals surface area contributed by atoms with Crippen molar-refractivity contribution >= 4 is 18.1 Å². The van der Waals surface area contributed by atoms with Crippen molar-refractivity contribution in [2.45, 2.75) is 20.0 Å². The summed E-state index contributed by atoms with van der Waals surface area (Å²) in [4.78, 5) is 14.5. The molecule has 1 heterocycles. The summed E-state index contributed by atoms with van der Waals surface area (Å²) < 4.78 is 12.9. The van der Waals surface area contributed by atoms with E-state index >= 15 is 0 Å². The molecule has 0 aliphatic rings. The van der Waals surface area contributed by atoms with Crippen LogP contribution < -0.4 is 9.47 Å². The van der Waals surface area contributed by atoms with Crippen LogP contribution in [-0.2, 0) is 17.9 Å². The molecule has 29 heavy (non-hydrogen) atoms. The molecule has 0 spiro atoms. The highest BCUT2D eigenvalue weighted by Crippen LogP contribution is 2.31. The number of hydrogen-bond donors (Lipinski definition) is 1. The highest BCUT2D eigenvalue weighted by molar-refractivity contribution is 7.71. The Morgan fingerprint density at radius 1 is 1.17 bits per heavy atom. The zero-order chi connectivity index (χ0) is 21.0. The van der Waals surface area contributed by atoms with E-state index in [0.717, 1.165) is 16.7 Å². The van der Waals surface area contributed by atoms with Crippen molar-refractivity contribution < 1.29 is 14.3 Å². The number of carbonyl (C=O) groups is 1. The molecule has 0 saturated heterocycles. The molecule has 0 atom stereocenters. The topological polar surface area (TPSA) is 72.4 Å². The number of benzene rings is 2. The predicted molar refractivity (Wildman–Crippen MR) is 114 cm³/mol. The largest absolute Gasteiger partial charge is 0.493 e. The number of likely N-dealkylation sites (N-methyl/N-ethyl adjacent to an activating group) is 1. The predicted octanol–water partition coefficient (Wildman–Crippen LogP) is 3.59. The fraction of sp³-hybridized carbons (Fsp3) is 0.286. The second-order valence-electron chi connectivity index (χ2n) is 6.71. The van der Waals surface area contributed by atoms with Crippen LogP contribution in [0.1, 0.15) is 11.1 Å². The van der Waals surface area contributed by atoms with E-state index in [0.29, 0.717) is 28.6 Å². The minimum absolute atomic E-state index is 0.0846. The van der Waals surface area contributed by atoms with Gasteiger partial charge in [0.1, 0.15) is 6.54 Å². The van der Waals surface area contributed by atoms with Gasteiger partial charge in [0.2, 0.25) is 5.91 Å². The fourth-order valence-corrected chi connectivity index (χ4v) is 3.26. The molecule has 7 nitrogen and oxygen atoms in total. The number of aromatic nitrogens is 3. The Kier molecular flexibility index (Phi) is 6.33. The Morgan fingerprint density at radius 2 is 1.90 bits per heavy atom. The summed E-state index contributed by atoms with van der Waals surface area (Å²) in [6.45, 7) is 2.48. The van der Waals surface area contributed by atoms with Gasteiger partial charge in [0.25, 0.3) is 0 Å². The van der Waals surface area contributed by atoms with Crippen molar-refractivity contribution in [1.82, 2.24) is 19.7 Å². The van der Waals surface area contributed by atoms with Crippen LogP contribution in [0.25, 0.3) is 11.4 Å².